The van der Waals surface area contributed by atoms with Gasteiger partial charge in [-0.05, 0) is 75.0 Å². The summed E-state index contributed by atoms with van der Waals surface area (Å²) < 4.78 is 0. The lowest BCUT2D eigenvalue weighted by molar-refractivity contribution is -0.227. The second kappa shape index (κ2) is 3.75. The Kier molecular flexibility index (Phi) is 2.41. The Bertz CT molecular complexity index is 377. The van der Waals surface area contributed by atoms with Crippen LogP contribution in [0, 0.1) is 29.1 Å². The topological polar surface area (TPSA) is 57.5 Å². The third-order valence-corrected chi connectivity index (χ3v) is 6.87. The lowest BCUT2D eigenvalue weighted by atomic mass is 9.42. The summed E-state index contributed by atoms with van der Waals surface area (Å²) in [4.78, 5) is 11.9. The van der Waals surface area contributed by atoms with Crippen molar-refractivity contribution in [1.82, 2.24) is 0 Å². The normalized spacial score (nSPS) is 47.7. The molecule has 4 bridgehead atoms. The molecular weight excluding hydrogens is 240 g/mol. The van der Waals surface area contributed by atoms with E-state index in [0.717, 1.165) is 38.5 Å². The molecule has 5 fully saturated rings. The van der Waals surface area contributed by atoms with Crippen LogP contribution in [0.2, 0.25) is 0 Å². The van der Waals surface area contributed by atoms with E-state index in [2.05, 4.69) is 0 Å². The first-order chi connectivity index (χ1) is 9.03. The predicted molar refractivity (Wildman–Crippen MR) is 70.5 cm³/mol. The van der Waals surface area contributed by atoms with Crippen molar-refractivity contribution in [2.24, 2.45) is 29.1 Å². The smallest absolute Gasteiger partial charge is 0.336 e. The van der Waals surface area contributed by atoms with Gasteiger partial charge in [0.2, 0.25) is 0 Å². The Balaban J connectivity index is 1.74. The van der Waals surface area contributed by atoms with Crippen LogP contribution in [-0.4, -0.2) is 21.8 Å². The van der Waals surface area contributed by atoms with Gasteiger partial charge in [0, 0.05) is 5.41 Å². The van der Waals surface area contributed by atoms with E-state index in [4.69, 9.17) is 0 Å². The van der Waals surface area contributed by atoms with E-state index in [9.17, 15) is 15.0 Å². The summed E-state index contributed by atoms with van der Waals surface area (Å²) in [6, 6.07) is 0. The molecule has 5 rings (SSSR count). The van der Waals surface area contributed by atoms with Crippen LogP contribution in [0.15, 0.2) is 0 Å². The van der Waals surface area contributed by atoms with E-state index in [1.807, 2.05) is 0 Å². The minimum atomic E-state index is -1.43. The minimum Gasteiger partial charge on any atom is -0.479 e. The molecule has 1 atom stereocenters. The zero-order valence-electron chi connectivity index (χ0n) is 11.5. The van der Waals surface area contributed by atoms with Gasteiger partial charge in [-0.1, -0.05) is 6.42 Å². The van der Waals surface area contributed by atoms with E-state index in [1.54, 1.807) is 0 Å². The van der Waals surface area contributed by atoms with Crippen molar-refractivity contribution in [3.05, 3.63) is 0 Å². The Labute approximate surface area is 114 Å². The molecule has 0 spiro atoms. The molecule has 0 aromatic heterocycles. The number of aliphatic carboxylic acids is 1. The molecule has 0 aromatic rings. The SMILES string of the molecule is O=C(O)C(O)(C1CCC1)C12CC3CC(CC(C3)C1)C2. The fourth-order valence-electron chi connectivity index (χ4n) is 6.24. The first kappa shape index (κ1) is 12.2. The lowest BCUT2D eigenvalue weighted by Crippen LogP contribution is -2.66. The molecule has 0 amide bonds. The highest BCUT2D eigenvalue weighted by Gasteiger charge is 2.66. The van der Waals surface area contributed by atoms with E-state index in [0.29, 0.717) is 17.8 Å². The maximum absolute atomic E-state index is 11.9. The first-order valence-electron chi connectivity index (χ1n) is 7.99. The summed E-state index contributed by atoms with van der Waals surface area (Å²) in [6.07, 6.45) is 9.69. The van der Waals surface area contributed by atoms with Crippen molar-refractivity contribution < 1.29 is 15.0 Å². The standard InChI is InChI=1S/C16H24O3/c17-14(18)16(19,13-2-1-3-13)15-7-10-4-11(8-15)6-12(5-10)9-15/h10-13,19H,1-9H2,(H,17,18). The van der Waals surface area contributed by atoms with Crippen molar-refractivity contribution >= 4 is 5.97 Å². The van der Waals surface area contributed by atoms with E-state index in [-0.39, 0.29) is 11.3 Å². The van der Waals surface area contributed by atoms with Gasteiger partial charge in [-0.15, -0.1) is 0 Å². The third-order valence-electron chi connectivity index (χ3n) is 6.87. The maximum atomic E-state index is 11.9. The molecule has 0 aliphatic heterocycles. The third kappa shape index (κ3) is 1.45. The molecule has 1 unspecified atom stereocenters. The zero-order valence-corrected chi connectivity index (χ0v) is 11.5. The summed E-state index contributed by atoms with van der Waals surface area (Å²) in [5.74, 6) is 1.16. The highest BCUT2D eigenvalue weighted by atomic mass is 16.4. The molecule has 3 heteroatoms. The van der Waals surface area contributed by atoms with Gasteiger partial charge in [0.1, 0.15) is 0 Å². The van der Waals surface area contributed by atoms with E-state index >= 15 is 0 Å². The van der Waals surface area contributed by atoms with Crippen LogP contribution in [0.4, 0.5) is 0 Å². The average molecular weight is 264 g/mol. The van der Waals surface area contributed by atoms with E-state index in [1.165, 1.54) is 19.3 Å². The highest BCUT2D eigenvalue weighted by Crippen LogP contribution is 2.66. The largest absolute Gasteiger partial charge is 0.479 e. The van der Waals surface area contributed by atoms with Crippen molar-refractivity contribution in [2.45, 2.75) is 63.4 Å². The predicted octanol–water partition coefficient (Wildman–Crippen LogP) is 2.82. The number of carboxylic acid groups (broad SMARTS) is 1. The van der Waals surface area contributed by atoms with Crippen LogP contribution < -0.4 is 0 Å². The minimum absolute atomic E-state index is 0.0150. The van der Waals surface area contributed by atoms with Crippen LogP contribution >= 0.6 is 0 Å². The summed E-state index contributed by atoms with van der Waals surface area (Å²) in [6.45, 7) is 0. The summed E-state index contributed by atoms with van der Waals surface area (Å²) in [5.41, 5.74) is -1.72. The lowest BCUT2D eigenvalue weighted by Gasteiger charge is -2.63. The van der Waals surface area contributed by atoms with Crippen LogP contribution in [-0.2, 0) is 4.79 Å². The van der Waals surface area contributed by atoms with Crippen LogP contribution in [0.25, 0.3) is 0 Å². The average Bonchev–Trinajstić information content (AvgIpc) is 2.23. The fraction of sp³-hybridized carbons (Fsp3) is 0.938. The molecule has 5 saturated carbocycles. The zero-order chi connectivity index (χ0) is 13.3. The monoisotopic (exact) mass is 264 g/mol. The molecule has 0 aromatic carbocycles. The molecule has 5 aliphatic carbocycles. The van der Waals surface area contributed by atoms with Gasteiger partial charge >= 0.3 is 5.97 Å². The molecule has 2 N–H and O–H groups in total. The second-order valence-electron chi connectivity index (χ2n) is 7.90. The molecular formula is C16H24O3. The van der Waals surface area contributed by atoms with Crippen molar-refractivity contribution in [3.63, 3.8) is 0 Å². The number of hydrogen-bond donors (Lipinski definition) is 2. The number of carboxylic acids is 1. The molecule has 0 radical (unpaired) electrons. The number of aliphatic hydroxyl groups is 1. The number of rotatable bonds is 3. The quantitative estimate of drug-likeness (QED) is 0.824. The number of carbonyl (C=O) groups is 1. The van der Waals surface area contributed by atoms with Crippen LogP contribution in [0.3, 0.4) is 0 Å². The fourth-order valence-corrected chi connectivity index (χ4v) is 6.24. The summed E-state index contributed by atoms with van der Waals surface area (Å²) in [7, 11) is 0. The van der Waals surface area contributed by atoms with Gasteiger partial charge < -0.3 is 10.2 Å². The van der Waals surface area contributed by atoms with Gasteiger partial charge in [0.05, 0.1) is 0 Å². The van der Waals surface area contributed by atoms with Crippen LogP contribution in [0.5, 0.6) is 0 Å². The summed E-state index contributed by atoms with van der Waals surface area (Å²) >= 11 is 0. The second-order valence-corrected chi connectivity index (χ2v) is 7.90. The van der Waals surface area contributed by atoms with Gasteiger partial charge in [0.15, 0.2) is 5.60 Å². The Hall–Kier alpha value is -0.570. The van der Waals surface area contributed by atoms with Gasteiger partial charge in [0.25, 0.3) is 0 Å². The molecule has 0 saturated heterocycles. The molecule has 5 aliphatic rings. The molecule has 106 valence electrons. The maximum Gasteiger partial charge on any atom is 0.336 e. The Morgan fingerprint density at radius 3 is 1.79 bits per heavy atom. The Morgan fingerprint density at radius 1 is 1.00 bits per heavy atom. The van der Waals surface area contributed by atoms with Crippen molar-refractivity contribution in [3.8, 4) is 0 Å². The Morgan fingerprint density at radius 2 is 1.47 bits per heavy atom. The van der Waals surface area contributed by atoms with Crippen molar-refractivity contribution in [1.29, 1.82) is 0 Å². The number of hydrogen-bond acceptors (Lipinski definition) is 2. The van der Waals surface area contributed by atoms with Gasteiger partial charge in [-0.3, -0.25) is 0 Å². The van der Waals surface area contributed by atoms with Crippen molar-refractivity contribution in [2.75, 3.05) is 0 Å². The van der Waals surface area contributed by atoms with Crippen LogP contribution in [0.1, 0.15) is 57.8 Å². The summed E-state index contributed by atoms with van der Waals surface area (Å²) in [5, 5.41) is 21.0. The molecule has 3 nitrogen and oxygen atoms in total. The highest BCUT2D eigenvalue weighted by molar-refractivity contribution is 5.79. The molecule has 19 heavy (non-hydrogen) atoms. The van der Waals surface area contributed by atoms with Gasteiger partial charge in [-0.2, -0.15) is 0 Å². The molecule has 0 heterocycles. The first-order valence-corrected chi connectivity index (χ1v) is 7.99. The van der Waals surface area contributed by atoms with Gasteiger partial charge in [-0.25, -0.2) is 4.79 Å². The van der Waals surface area contributed by atoms with E-state index < -0.39 is 11.6 Å².